The SMILES string of the molecule is Cl.c1ccc2c(N3CCCCC3)nccc2c1. The van der Waals surface area contributed by atoms with E-state index in [4.69, 9.17) is 0 Å². The summed E-state index contributed by atoms with van der Waals surface area (Å²) in [5, 5.41) is 2.57. The molecule has 1 aliphatic heterocycles. The number of piperidine rings is 1. The fourth-order valence-corrected chi connectivity index (χ4v) is 2.46. The first-order valence-corrected chi connectivity index (χ1v) is 6.04. The zero-order valence-electron chi connectivity index (χ0n) is 9.80. The fraction of sp³-hybridized carbons (Fsp3) is 0.357. The Bertz CT molecular complexity index is 487. The van der Waals surface area contributed by atoms with Gasteiger partial charge < -0.3 is 4.90 Å². The Kier molecular flexibility index (Phi) is 3.85. The third-order valence-corrected chi connectivity index (χ3v) is 3.31. The van der Waals surface area contributed by atoms with E-state index in [9.17, 15) is 0 Å². The molecule has 0 spiro atoms. The molecule has 2 aromatic rings. The summed E-state index contributed by atoms with van der Waals surface area (Å²) in [5.41, 5.74) is 0. The zero-order chi connectivity index (χ0) is 10.8. The lowest BCUT2D eigenvalue weighted by atomic mass is 10.1. The largest absolute Gasteiger partial charge is 0.356 e. The highest BCUT2D eigenvalue weighted by atomic mass is 35.5. The normalized spacial score (nSPS) is 15.6. The maximum Gasteiger partial charge on any atom is 0.136 e. The van der Waals surface area contributed by atoms with Crippen LogP contribution in [0.1, 0.15) is 19.3 Å². The van der Waals surface area contributed by atoms with Gasteiger partial charge in [0, 0.05) is 24.7 Å². The standard InChI is InChI=1S/C14H16N2.ClH/c1-4-10-16(11-5-1)14-13-7-3-2-6-12(13)8-9-15-14;/h2-3,6-9H,1,4-5,10-11H2;1H. The van der Waals surface area contributed by atoms with E-state index in [2.05, 4.69) is 40.2 Å². The van der Waals surface area contributed by atoms with Gasteiger partial charge in [-0.2, -0.15) is 0 Å². The van der Waals surface area contributed by atoms with E-state index in [1.54, 1.807) is 0 Å². The zero-order valence-corrected chi connectivity index (χ0v) is 10.6. The molecule has 17 heavy (non-hydrogen) atoms. The van der Waals surface area contributed by atoms with Crippen molar-refractivity contribution in [2.45, 2.75) is 19.3 Å². The van der Waals surface area contributed by atoms with Crippen LogP contribution in [-0.2, 0) is 0 Å². The molecule has 3 rings (SSSR count). The highest BCUT2D eigenvalue weighted by Gasteiger charge is 2.13. The maximum absolute atomic E-state index is 4.56. The Morgan fingerprint density at radius 1 is 0.941 bits per heavy atom. The molecule has 1 saturated heterocycles. The van der Waals surface area contributed by atoms with Crippen LogP contribution < -0.4 is 4.90 Å². The summed E-state index contributed by atoms with van der Waals surface area (Å²) in [5.74, 6) is 1.16. The van der Waals surface area contributed by atoms with Crippen LogP contribution in [-0.4, -0.2) is 18.1 Å². The molecule has 1 aromatic heterocycles. The minimum Gasteiger partial charge on any atom is -0.356 e. The number of aromatic nitrogens is 1. The lowest BCUT2D eigenvalue weighted by Gasteiger charge is -2.28. The van der Waals surface area contributed by atoms with Crippen molar-refractivity contribution < 1.29 is 0 Å². The summed E-state index contributed by atoms with van der Waals surface area (Å²) in [6, 6.07) is 10.6. The highest BCUT2D eigenvalue weighted by molar-refractivity contribution is 5.92. The van der Waals surface area contributed by atoms with Gasteiger partial charge in [-0.3, -0.25) is 0 Å². The number of nitrogens with zero attached hydrogens (tertiary/aromatic N) is 2. The molecule has 0 saturated carbocycles. The quantitative estimate of drug-likeness (QED) is 0.766. The van der Waals surface area contributed by atoms with Crippen LogP contribution in [0.4, 0.5) is 5.82 Å². The molecule has 0 N–H and O–H groups in total. The van der Waals surface area contributed by atoms with Crippen LogP contribution >= 0.6 is 12.4 Å². The summed E-state index contributed by atoms with van der Waals surface area (Å²) in [6.45, 7) is 2.31. The molecule has 1 aromatic carbocycles. The van der Waals surface area contributed by atoms with E-state index in [0.29, 0.717) is 0 Å². The number of benzene rings is 1. The number of fused-ring (bicyclic) bond motifs is 1. The molecule has 2 heterocycles. The number of anilines is 1. The van der Waals surface area contributed by atoms with Crippen molar-refractivity contribution in [1.29, 1.82) is 0 Å². The molecule has 0 aliphatic carbocycles. The summed E-state index contributed by atoms with van der Waals surface area (Å²) < 4.78 is 0. The molecule has 0 bridgehead atoms. The highest BCUT2D eigenvalue weighted by Crippen LogP contribution is 2.26. The predicted octanol–water partition coefficient (Wildman–Crippen LogP) is 3.65. The van der Waals surface area contributed by atoms with Crippen LogP contribution in [0.25, 0.3) is 10.8 Å². The van der Waals surface area contributed by atoms with Gasteiger partial charge in [-0.05, 0) is 30.7 Å². The molecular weight excluding hydrogens is 232 g/mol. The van der Waals surface area contributed by atoms with Crippen molar-refractivity contribution in [3.05, 3.63) is 36.5 Å². The van der Waals surface area contributed by atoms with Gasteiger partial charge in [-0.1, -0.05) is 24.3 Å². The summed E-state index contributed by atoms with van der Waals surface area (Å²) in [4.78, 5) is 6.98. The Morgan fingerprint density at radius 3 is 2.53 bits per heavy atom. The fourth-order valence-electron chi connectivity index (χ4n) is 2.46. The topological polar surface area (TPSA) is 16.1 Å². The predicted molar refractivity (Wildman–Crippen MR) is 75.1 cm³/mol. The Morgan fingerprint density at radius 2 is 1.71 bits per heavy atom. The van der Waals surface area contributed by atoms with E-state index in [1.165, 1.54) is 30.0 Å². The van der Waals surface area contributed by atoms with Gasteiger partial charge in [-0.25, -0.2) is 4.98 Å². The van der Waals surface area contributed by atoms with Gasteiger partial charge in [0.25, 0.3) is 0 Å². The third kappa shape index (κ3) is 2.37. The Labute approximate surface area is 108 Å². The number of pyridine rings is 1. The molecular formula is C14H17ClN2. The molecule has 1 fully saturated rings. The third-order valence-electron chi connectivity index (χ3n) is 3.31. The second kappa shape index (κ2) is 5.37. The average Bonchev–Trinajstić information content (AvgIpc) is 2.39. The van der Waals surface area contributed by atoms with E-state index >= 15 is 0 Å². The van der Waals surface area contributed by atoms with Crippen LogP contribution in [0.2, 0.25) is 0 Å². The summed E-state index contributed by atoms with van der Waals surface area (Å²) in [6.07, 6.45) is 5.88. The van der Waals surface area contributed by atoms with Crippen molar-refractivity contribution in [3.8, 4) is 0 Å². The molecule has 0 unspecified atom stereocenters. The first-order chi connectivity index (χ1) is 7.95. The van der Waals surface area contributed by atoms with E-state index in [0.717, 1.165) is 18.9 Å². The molecule has 1 aliphatic rings. The van der Waals surface area contributed by atoms with Gasteiger partial charge in [0.2, 0.25) is 0 Å². The van der Waals surface area contributed by atoms with Crippen molar-refractivity contribution in [2.75, 3.05) is 18.0 Å². The first kappa shape index (κ1) is 12.2. The lowest BCUT2D eigenvalue weighted by molar-refractivity contribution is 0.575. The van der Waals surface area contributed by atoms with Crippen molar-refractivity contribution in [1.82, 2.24) is 4.98 Å². The van der Waals surface area contributed by atoms with E-state index < -0.39 is 0 Å². The van der Waals surface area contributed by atoms with Gasteiger partial charge >= 0.3 is 0 Å². The van der Waals surface area contributed by atoms with Crippen LogP contribution in [0, 0.1) is 0 Å². The van der Waals surface area contributed by atoms with Gasteiger partial charge in [0.1, 0.15) is 5.82 Å². The summed E-state index contributed by atoms with van der Waals surface area (Å²) in [7, 11) is 0. The lowest BCUT2D eigenvalue weighted by Crippen LogP contribution is -2.30. The smallest absolute Gasteiger partial charge is 0.136 e. The van der Waals surface area contributed by atoms with Crippen LogP contribution in [0.15, 0.2) is 36.5 Å². The van der Waals surface area contributed by atoms with E-state index in [-0.39, 0.29) is 12.4 Å². The number of rotatable bonds is 1. The van der Waals surface area contributed by atoms with Gasteiger partial charge in [-0.15, -0.1) is 12.4 Å². The second-order valence-corrected chi connectivity index (χ2v) is 4.40. The number of halogens is 1. The molecule has 3 heteroatoms. The van der Waals surface area contributed by atoms with Crippen LogP contribution in [0.3, 0.4) is 0 Å². The Hall–Kier alpha value is -1.28. The van der Waals surface area contributed by atoms with Crippen molar-refractivity contribution in [2.24, 2.45) is 0 Å². The second-order valence-electron chi connectivity index (χ2n) is 4.40. The molecule has 90 valence electrons. The van der Waals surface area contributed by atoms with Gasteiger partial charge in [0.05, 0.1) is 0 Å². The van der Waals surface area contributed by atoms with Crippen LogP contribution in [0.5, 0.6) is 0 Å². The monoisotopic (exact) mass is 248 g/mol. The molecule has 2 nitrogen and oxygen atoms in total. The minimum absolute atomic E-state index is 0. The minimum atomic E-state index is 0. The first-order valence-electron chi connectivity index (χ1n) is 6.04. The maximum atomic E-state index is 4.56. The molecule has 0 radical (unpaired) electrons. The number of hydrogen-bond donors (Lipinski definition) is 0. The number of hydrogen-bond acceptors (Lipinski definition) is 2. The van der Waals surface area contributed by atoms with E-state index in [1.807, 2.05) is 6.20 Å². The van der Waals surface area contributed by atoms with Crippen molar-refractivity contribution >= 4 is 29.0 Å². The van der Waals surface area contributed by atoms with Crippen molar-refractivity contribution in [3.63, 3.8) is 0 Å². The molecule has 0 atom stereocenters. The molecule has 0 amide bonds. The Balaban J connectivity index is 0.00000108. The summed E-state index contributed by atoms with van der Waals surface area (Å²) >= 11 is 0. The van der Waals surface area contributed by atoms with Gasteiger partial charge in [0.15, 0.2) is 0 Å². The average molecular weight is 249 g/mol.